The van der Waals surface area contributed by atoms with E-state index in [1.54, 1.807) is 24.3 Å². The molecule has 0 aliphatic carbocycles. The van der Waals surface area contributed by atoms with Crippen LogP contribution >= 0.6 is 0 Å². The highest BCUT2D eigenvalue weighted by Crippen LogP contribution is 2.34. The molecule has 0 amide bonds. The highest BCUT2D eigenvalue weighted by atomic mass is 16.7. The average Bonchev–Trinajstić information content (AvgIpc) is 3.03. The van der Waals surface area contributed by atoms with E-state index in [0.29, 0.717) is 13.2 Å². The second-order valence-electron chi connectivity index (χ2n) is 13.2. The Balaban J connectivity index is 1.15. The smallest absolute Gasteiger partial charge is 0.197 e. The molecule has 4 unspecified atom stereocenters. The normalized spacial score (nSPS) is 14.6. The molecule has 0 fully saturated rings. The van der Waals surface area contributed by atoms with Crippen LogP contribution in [-0.2, 0) is 25.0 Å². The fourth-order valence-corrected chi connectivity index (χ4v) is 5.42. The molecule has 0 saturated heterocycles. The van der Waals surface area contributed by atoms with E-state index in [0.717, 1.165) is 33.8 Å². The Morgan fingerprint density at radius 3 is 1.21 bits per heavy atom. The second-order valence-corrected chi connectivity index (χ2v) is 13.2. The van der Waals surface area contributed by atoms with Crippen molar-refractivity contribution in [3.63, 3.8) is 0 Å². The average molecular weight is 643 g/mol. The molecule has 0 spiro atoms. The summed E-state index contributed by atoms with van der Waals surface area (Å²) < 4.78 is 29.9. The zero-order valence-corrected chi connectivity index (χ0v) is 28.9. The molecule has 7 nitrogen and oxygen atoms in total. The molecule has 2 N–H and O–H groups in total. The number of phenols is 2. The molecular formula is C40H50O7. The molecule has 252 valence electrons. The third-order valence-electron chi connectivity index (χ3n) is 8.54. The van der Waals surface area contributed by atoms with Crippen LogP contribution in [0, 0.1) is 0 Å². The fraction of sp³-hybridized carbons (Fsp3) is 0.400. The molecule has 4 aromatic rings. The van der Waals surface area contributed by atoms with Crippen LogP contribution in [0.15, 0.2) is 97.1 Å². The summed E-state index contributed by atoms with van der Waals surface area (Å²) in [4.78, 5) is 0. The Hall–Kier alpha value is -4.04. The van der Waals surface area contributed by atoms with Crippen LogP contribution in [0.1, 0.15) is 77.6 Å². The summed E-state index contributed by atoms with van der Waals surface area (Å²) in [6, 6.07) is 30.7. The number of hydrogen-bond donors (Lipinski definition) is 2. The number of aromatic hydroxyl groups is 2. The SMILES string of the molecule is CC(COC(C)Oc1ccc(C(C)(C)c2ccc(O)cc2)cc1)OCC(C)OC(C)Oc1ccc(C(C)(C)c2ccc(O)cc2)cc1. The summed E-state index contributed by atoms with van der Waals surface area (Å²) in [5.74, 6) is 1.97. The van der Waals surface area contributed by atoms with Crippen LogP contribution in [0.2, 0.25) is 0 Å². The monoisotopic (exact) mass is 642 g/mol. The molecule has 7 heteroatoms. The first kappa shape index (κ1) is 35.8. The maximum atomic E-state index is 9.63. The van der Waals surface area contributed by atoms with Gasteiger partial charge in [0.05, 0.1) is 25.4 Å². The molecule has 0 heterocycles. The van der Waals surface area contributed by atoms with Gasteiger partial charge in [-0.2, -0.15) is 0 Å². The summed E-state index contributed by atoms with van der Waals surface area (Å²) in [5.41, 5.74) is 4.09. The van der Waals surface area contributed by atoms with Gasteiger partial charge in [-0.1, -0.05) is 76.2 Å². The van der Waals surface area contributed by atoms with Gasteiger partial charge in [-0.25, -0.2) is 0 Å². The van der Waals surface area contributed by atoms with Crippen molar-refractivity contribution in [2.24, 2.45) is 0 Å². The summed E-state index contributed by atoms with van der Waals surface area (Å²) >= 11 is 0. The van der Waals surface area contributed by atoms with Crippen molar-refractivity contribution in [3.05, 3.63) is 119 Å². The van der Waals surface area contributed by atoms with E-state index in [1.165, 1.54) is 0 Å². The van der Waals surface area contributed by atoms with Crippen molar-refractivity contribution in [3.8, 4) is 23.0 Å². The van der Waals surface area contributed by atoms with E-state index in [-0.39, 0.29) is 34.5 Å². The van der Waals surface area contributed by atoms with Crippen LogP contribution in [0.3, 0.4) is 0 Å². The van der Waals surface area contributed by atoms with Crippen molar-refractivity contribution in [2.75, 3.05) is 13.2 Å². The minimum atomic E-state index is -0.456. The standard InChI is InChI=1S/C40H50O7/c1-27(25-44-29(3)46-37-21-13-33(14-22-37)39(5,6)31-9-17-35(41)18-10-31)43-26-28(2)45-30(4)47-38-23-15-34(16-24-38)40(7,8)32-11-19-36(42)20-12-32/h9-24,27-30,41-42H,25-26H2,1-8H3. The van der Waals surface area contributed by atoms with Crippen molar-refractivity contribution in [1.29, 1.82) is 0 Å². The first-order chi connectivity index (χ1) is 22.2. The predicted molar refractivity (Wildman–Crippen MR) is 185 cm³/mol. The van der Waals surface area contributed by atoms with Crippen molar-refractivity contribution < 1.29 is 33.9 Å². The number of phenolic OH excluding ortho intramolecular Hbond substituents is 2. The van der Waals surface area contributed by atoms with Crippen molar-refractivity contribution in [1.82, 2.24) is 0 Å². The second kappa shape index (κ2) is 15.7. The Kier molecular flexibility index (Phi) is 12.0. The molecule has 4 rings (SSSR count). The highest BCUT2D eigenvalue weighted by Gasteiger charge is 2.24. The van der Waals surface area contributed by atoms with Gasteiger partial charge >= 0.3 is 0 Å². The highest BCUT2D eigenvalue weighted by molar-refractivity contribution is 5.43. The first-order valence-electron chi connectivity index (χ1n) is 16.3. The maximum Gasteiger partial charge on any atom is 0.197 e. The van der Waals surface area contributed by atoms with Gasteiger partial charge in [0.15, 0.2) is 12.6 Å². The van der Waals surface area contributed by atoms with E-state index in [1.807, 2.05) is 76.2 Å². The third kappa shape index (κ3) is 9.97. The Bertz CT molecular complexity index is 1510. The van der Waals surface area contributed by atoms with Crippen LogP contribution in [0.4, 0.5) is 0 Å². The van der Waals surface area contributed by atoms with Crippen LogP contribution in [-0.4, -0.2) is 48.2 Å². The van der Waals surface area contributed by atoms with Crippen LogP contribution in [0.5, 0.6) is 23.0 Å². The molecule has 4 atom stereocenters. The lowest BCUT2D eigenvalue weighted by Crippen LogP contribution is -2.29. The maximum absolute atomic E-state index is 9.63. The fourth-order valence-electron chi connectivity index (χ4n) is 5.42. The van der Waals surface area contributed by atoms with Crippen molar-refractivity contribution in [2.45, 2.75) is 91.0 Å². The summed E-state index contributed by atoms with van der Waals surface area (Å²) in [6.07, 6.45) is -1.24. The van der Waals surface area contributed by atoms with E-state index in [2.05, 4.69) is 52.0 Å². The predicted octanol–water partition coefficient (Wildman–Crippen LogP) is 8.73. The quantitative estimate of drug-likeness (QED) is 0.118. The number of rotatable bonds is 16. The number of benzene rings is 4. The van der Waals surface area contributed by atoms with Gasteiger partial charge in [0.2, 0.25) is 0 Å². The van der Waals surface area contributed by atoms with Gasteiger partial charge < -0.3 is 33.9 Å². The first-order valence-corrected chi connectivity index (χ1v) is 16.3. The molecule has 0 aliphatic rings. The topological polar surface area (TPSA) is 86.6 Å². The molecule has 0 saturated carbocycles. The van der Waals surface area contributed by atoms with Gasteiger partial charge in [0.25, 0.3) is 0 Å². The molecule has 0 aromatic heterocycles. The van der Waals surface area contributed by atoms with Gasteiger partial charge in [0.1, 0.15) is 23.0 Å². The minimum absolute atomic E-state index is 0.152. The summed E-state index contributed by atoms with van der Waals surface area (Å²) in [6.45, 7) is 17.0. The minimum Gasteiger partial charge on any atom is -0.508 e. The third-order valence-corrected chi connectivity index (χ3v) is 8.54. The lowest BCUT2D eigenvalue weighted by Gasteiger charge is -2.27. The Morgan fingerprint density at radius 2 is 0.809 bits per heavy atom. The van der Waals surface area contributed by atoms with E-state index >= 15 is 0 Å². The number of hydrogen-bond acceptors (Lipinski definition) is 7. The van der Waals surface area contributed by atoms with E-state index in [9.17, 15) is 10.2 Å². The lowest BCUT2D eigenvalue weighted by molar-refractivity contribution is -0.143. The van der Waals surface area contributed by atoms with Gasteiger partial charge in [0, 0.05) is 10.8 Å². The molecular weight excluding hydrogens is 592 g/mol. The molecule has 0 aliphatic heterocycles. The molecule has 0 bridgehead atoms. The molecule has 0 radical (unpaired) electrons. The zero-order valence-electron chi connectivity index (χ0n) is 28.9. The lowest BCUT2D eigenvalue weighted by atomic mass is 9.78. The van der Waals surface area contributed by atoms with Crippen LogP contribution < -0.4 is 9.47 Å². The Morgan fingerprint density at radius 1 is 0.468 bits per heavy atom. The molecule has 47 heavy (non-hydrogen) atoms. The van der Waals surface area contributed by atoms with Gasteiger partial charge in [-0.15, -0.1) is 0 Å². The molecule has 4 aromatic carbocycles. The van der Waals surface area contributed by atoms with Crippen LogP contribution in [0.25, 0.3) is 0 Å². The Labute approximate surface area is 280 Å². The zero-order chi connectivity index (χ0) is 34.2. The summed E-state index contributed by atoms with van der Waals surface area (Å²) in [5, 5.41) is 19.3. The van der Waals surface area contributed by atoms with Gasteiger partial charge in [-0.05, 0) is 98.5 Å². The largest absolute Gasteiger partial charge is 0.508 e. The van der Waals surface area contributed by atoms with Gasteiger partial charge in [-0.3, -0.25) is 0 Å². The summed E-state index contributed by atoms with van der Waals surface area (Å²) in [7, 11) is 0. The van der Waals surface area contributed by atoms with Crippen molar-refractivity contribution >= 4 is 0 Å². The van der Waals surface area contributed by atoms with E-state index in [4.69, 9.17) is 23.7 Å². The van der Waals surface area contributed by atoms with E-state index < -0.39 is 12.6 Å². The number of ether oxygens (including phenoxy) is 5.